The summed E-state index contributed by atoms with van der Waals surface area (Å²) in [4.78, 5) is 16.4. The first kappa shape index (κ1) is 10.3. The molecule has 4 heteroatoms. The van der Waals surface area contributed by atoms with Crippen LogP contribution in [0.1, 0.15) is 30.9 Å². The van der Waals surface area contributed by atoms with Crippen LogP contribution in [0.4, 0.5) is 0 Å². The van der Waals surface area contributed by atoms with E-state index in [4.69, 9.17) is 0 Å². The molecule has 17 heavy (non-hydrogen) atoms. The van der Waals surface area contributed by atoms with Crippen LogP contribution in [0.2, 0.25) is 0 Å². The first-order valence-electron chi connectivity index (χ1n) is 5.86. The van der Waals surface area contributed by atoms with Gasteiger partial charge < -0.3 is 9.88 Å². The summed E-state index contributed by atoms with van der Waals surface area (Å²) in [6.45, 7) is 4.99. The Morgan fingerprint density at radius 1 is 1.35 bits per heavy atom. The maximum absolute atomic E-state index is 12.0. The molecule has 0 spiro atoms. The molecule has 88 valence electrons. The molecule has 0 radical (unpaired) electrons. The first-order chi connectivity index (χ1) is 8.09. The van der Waals surface area contributed by atoms with Gasteiger partial charge in [-0.1, -0.05) is 12.1 Å². The number of carbonyl (C=O) groups excluding carboxylic acids is 1. The summed E-state index contributed by atoms with van der Waals surface area (Å²) >= 11 is 0. The Hall–Kier alpha value is -1.84. The third kappa shape index (κ3) is 1.44. The van der Waals surface area contributed by atoms with Gasteiger partial charge in [0.15, 0.2) is 0 Å². The average molecular weight is 229 g/mol. The number of rotatable bonds is 0. The van der Waals surface area contributed by atoms with Crippen molar-refractivity contribution in [2.24, 2.45) is 0 Å². The average Bonchev–Trinajstić information content (AvgIpc) is 2.63. The molecular formula is C13H15N3O. The Kier molecular flexibility index (Phi) is 2.02. The number of amides is 1. The summed E-state index contributed by atoms with van der Waals surface area (Å²) in [7, 11) is 0. The third-order valence-corrected chi connectivity index (χ3v) is 3.39. The Labute approximate surface area is 99.6 Å². The first-order valence-corrected chi connectivity index (χ1v) is 5.86. The van der Waals surface area contributed by atoms with Crippen LogP contribution in [0.25, 0.3) is 11.0 Å². The number of aromatic nitrogens is 2. The van der Waals surface area contributed by atoms with Crippen molar-refractivity contribution in [2.75, 3.05) is 6.54 Å². The van der Waals surface area contributed by atoms with Crippen molar-refractivity contribution in [1.82, 2.24) is 14.9 Å². The Balaban J connectivity index is 2.38. The Morgan fingerprint density at radius 3 is 2.94 bits per heavy atom. The largest absolute Gasteiger partial charge is 0.349 e. The quantitative estimate of drug-likeness (QED) is 0.750. The molecule has 1 aliphatic heterocycles. The molecule has 1 amide bonds. The van der Waals surface area contributed by atoms with E-state index in [1.54, 1.807) is 0 Å². The number of carbonyl (C=O) groups is 1. The van der Waals surface area contributed by atoms with Crippen molar-refractivity contribution in [3.05, 3.63) is 30.1 Å². The summed E-state index contributed by atoms with van der Waals surface area (Å²) < 4.78 is 2.06. The lowest BCUT2D eigenvalue weighted by atomic mass is 10.0. The van der Waals surface area contributed by atoms with Gasteiger partial charge in [0.2, 0.25) is 5.82 Å². The molecule has 2 heterocycles. The summed E-state index contributed by atoms with van der Waals surface area (Å²) in [5.74, 6) is 0.445. The van der Waals surface area contributed by atoms with E-state index in [0.29, 0.717) is 12.4 Å². The molecule has 1 aromatic heterocycles. The van der Waals surface area contributed by atoms with E-state index in [2.05, 4.69) is 28.7 Å². The minimum Gasteiger partial charge on any atom is -0.349 e. The van der Waals surface area contributed by atoms with Gasteiger partial charge >= 0.3 is 0 Å². The summed E-state index contributed by atoms with van der Waals surface area (Å²) in [6, 6.07) is 7.89. The molecular weight excluding hydrogens is 214 g/mol. The molecule has 2 aromatic rings. The fourth-order valence-corrected chi connectivity index (χ4v) is 2.46. The van der Waals surface area contributed by atoms with Gasteiger partial charge in [-0.15, -0.1) is 0 Å². The van der Waals surface area contributed by atoms with Crippen molar-refractivity contribution in [3.63, 3.8) is 0 Å². The molecule has 0 saturated heterocycles. The maximum atomic E-state index is 12.0. The predicted octanol–water partition coefficient (Wildman–Crippen LogP) is 1.90. The molecule has 1 aliphatic rings. The SMILES string of the molecule is CC1(C)CCNC(=O)c2nc3ccccc3n21. The number of fused-ring (bicyclic) bond motifs is 3. The second-order valence-electron chi connectivity index (χ2n) is 5.08. The van der Waals surface area contributed by atoms with Gasteiger partial charge in [0.25, 0.3) is 5.91 Å². The van der Waals surface area contributed by atoms with Gasteiger partial charge in [0, 0.05) is 12.1 Å². The summed E-state index contributed by atoms with van der Waals surface area (Å²) in [5.41, 5.74) is 1.82. The number of imidazole rings is 1. The third-order valence-electron chi connectivity index (χ3n) is 3.39. The molecule has 0 unspecified atom stereocenters. The zero-order chi connectivity index (χ0) is 12.0. The van der Waals surface area contributed by atoms with Crippen molar-refractivity contribution in [3.8, 4) is 0 Å². The number of nitrogens with zero attached hydrogens (tertiary/aromatic N) is 2. The number of benzene rings is 1. The van der Waals surface area contributed by atoms with E-state index in [1.807, 2.05) is 24.3 Å². The minimum absolute atomic E-state index is 0.0771. The van der Waals surface area contributed by atoms with Gasteiger partial charge in [0.1, 0.15) is 0 Å². The highest BCUT2D eigenvalue weighted by molar-refractivity contribution is 5.95. The molecule has 1 aromatic carbocycles. The normalized spacial score (nSPS) is 18.6. The molecule has 1 N–H and O–H groups in total. The van der Waals surface area contributed by atoms with Gasteiger partial charge in [0.05, 0.1) is 11.0 Å². The highest BCUT2D eigenvalue weighted by atomic mass is 16.2. The van der Waals surface area contributed by atoms with Crippen molar-refractivity contribution in [2.45, 2.75) is 25.8 Å². The molecule has 4 nitrogen and oxygen atoms in total. The van der Waals surface area contributed by atoms with E-state index in [9.17, 15) is 4.79 Å². The van der Waals surface area contributed by atoms with Crippen LogP contribution in [0, 0.1) is 0 Å². The fraction of sp³-hybridized carbons (Fsp3) is 0.385. The van der Waals surface area contributed by atoms with Crippen LogP contribution in [0.3, 0.4) is 0 Å². The van der Waals surface area contributed by atoms with E-state index < -0.39 is 0 Å². The van der Waals surface area contributed by atoms with Gasteiger partial charge in [-0.05, 0) is 32.4 Å². The van der Waals surface area contributed by atoms with E-state index >= 15 is 0 Å². The Morgan fingerprint density at radius 2 is 2.12 bits per heavy atom. The lowest BCUT2D eigenvalue weighted by molar-refractivity contribution is 0.0946. The van der Waals surface area contributed by atoms with Crippen molar-refractivity contribution in [1.29, 1.82) is 0 Å². The van der Waals surface area contributed by atoms with Crippen molar-refractivity contribution < 1.29 is 4.79 Å². The van der Waals surface area contributed by atoms with E-state index in [0.717, 1.165) is 17.5 Å². The number of para-hydroxylation sites is 2. The highest BCUT2D eigenvalue weighted by Gasteiger charge is 2.31. The fourth-order valence-electron chi connectivity index (χ4n) is 2.46. The van der Waals surface area contributed by atoms with Crippen molar-refractivity contribution >= 4 is 16.9 Å². The van der Waals surface area contributed by atoms with Crippen LogP contribution in [-0.4, -0.2) is 22.0 Å². The second-order valence-corrected chi connectivity index (χ2v) is 5.08. The van der Waals surface area contributed by atoms with Crippen LogP contribution < -0.4 is 5.32 Å². The molecule has 3 rings (SSSR count). The minimum atomic E-state index is -0.0927. The van der Waals surface area contributed by atoms with Crippen LogP contribution in [0.5, 0.6) is 0 Å². The number of nitrogens with one attached hydrogen (secondary N) is 1. The maximum Gasteiger partial charge on any atom is 0.287 e. The standard InChI is InChI=1S/C13H15N3O/c1-13(2)7-8-14-12(17)11-15-9-5-3-4-6-10(9)16(11)13/h3-6H,7-8H2,1-2H3,(H,14,17). The summed E-state index contributed by atoms with van der Waals surface area (Å²) in [5, 5.41) is 2.90. The molecule has 0 atom stereocenters. The zero-order valence-electron chi connectivity index (χ0n) is 10.0. The topological polar surface area (TPSA) is 46.9 Å². The monoisotopic (exact) mass is 229 g/mol. The Bertz CT molecular complexity index is 598. The molecule has 0 bridgehead atoms. The van der Waals surface area contributed by atoms with E-state index in [1.165, 1.54) is 0 Å². The van der Waals surface area contributed by atoms with Gasteiger partial charge in [-0.3, -0.25) is 4.79 Å². The van der Waals surface area contributed by atoms with Gasteiger partial charge in [-0.2, -0.15) is 0 Å². The van der Waals surface area contributed by atoms with E-state index in [-0.39, 0.29) is 11.4 Å². The van der Waals surface area contributed by atoms with Crippen LogP contribution in [0.15, 0.2) is 24.3 Å². The number of hydrogen-bond acceptors (Lipinski definition) is 2. The summed E-state index contributed by atoms with van der Waals surface area (Å²) in [6.07, 6.45) is 0.909. The lowest BCUT2D eigenvalue weighted by Gasteiger charge is -2.26. The molecule has 0 saturated carbocycles. The van der Waals surface area contributed by atoms with Crippen LogP contribution >= 0.6 is 0 Å². The second kappa shape index (κ2) is 3.32. The lowest BCUT2D eigenvalue weighted by Crippen LogP contribution is -2.27. The molecule has 0 fully saturated rings. The zero-order valence-corrected chi connectivity index (χ0v) is 10.0. The number of hydrogen-bond donors (Lipinski definition) is 1. The smallest absolute Gasteiger partial charge is 0.287 e. The van der Waals surface area contributed by atoms with Crippen LogP contribution in [-0.2, 0) is 5.54 Å². The molecule has 0 aliphatic carbocycles. The highest BCUT2D eigenvalue weighted by Crippen LogP contribution is 2.29. The van der Waals surface area contributed by atoms with Gasteiger partial charge in [-0.25, -0.2) is 4.98 Å². The predicted molar refractivity (Wildman–Crippen MR) is 66.0 cm³/mol.